The van der Waals surface area contributed by atoms with Crippen LogP contribution in [0.3, 0.4) is 0 Å². The number of rotatable bonds is 6. The van der Waals surface area contributed by atoms with Gasteiger partial charge in [-0.1, -0.05) is 19.8 Å². The largest absolute Gasteiger partial charge is 0.478 e. The van der Waals surface area contributed by atoms with Crippen molar-refractivity contribution in [2.75, 3.05) is 11.9 Å². The molecule has 0 amide bonds. The maximum absolute atomic E-state index is 10.5. The maximum atomic E-state index is 10.5. The lowest BCUT2D eigenvalue weighted by atomic mass is 10.2. The second-order valence-corrected chi connectivity index (χ2v) is 3.23. The summed E-state index contributed by atoms with van der Waals surface area (Å²) < 4.78 is 0. The van der Waals surface area contributed by atoms with Gasteiger partial charge in [0.2, 0.25) is 5.95 Å². The summed E-state index contributed by atoms with van der Waals surface area (Å²) in [4.78, 5) is 18.3. The van der Waals surface area contributed by atoms with Crippen molar-refractivity contribution in [2.24, 2.45) is 0 Å². The van der Waals surface area contributed by atoms with Crippen molar-refractivity contribution in [1.82, 2.24) is 9.97 Å². The van der Waals surface area contributed by atoms with E-state index in [1.165, 1.54) is 25.2 Å². The highest BCUT2D eigenvalue weighted by molar-refractivity contribution is 5.86. The van der Waals surface area contributed by atoms with E-state index in [0.29, 0.717) is 5.95 Å². The van der Waals surface area contributed by atoms with Gasteiger partial charge in [-0.3, -0.25) is 0 Å². The third-order valence-electron chi connectivity index (χ3n) is 1.96. The second kappa shape index (κ2) is 5.95. The maximum Gasteiger partial charge on any atom is 0.338 e. The van der Waals surface area contributed by atoms with E-state index in [4.69, 9.17) is 5.11 Å². The molecule has 5 nitrogen and oxygen atoms in total. The number of hydrogen-bond acceptors (Lipinski definition) is 4. The van der Waals surface area contributed by atoms with E-state index in [9.17, 15) is 4.79 Å². The summed E-state index contributed by atoms with van der Waals surface area (Å²) in [5.74, 6) is -0.524. The first-order valence-electron chi connectivity index (χ1n) is 5.03. The van der Waals surface area contributed by atoms with Gasteiger partial charge in [0.1, 0.15) is 0 Å². The van der Waals surface area contributed by atoms with Crippen molar-refractivity contribution in [3.63, 3.8) is 0 Å². The van der Waals surface area contributed by atoms with Gasteiger partial charge in [-0.05, 0) is 6.42 Å². The van der Waals surface area contributed by atoms with Crippen LogP contribution in [0.25, 0.3) is 0 Å². The zero-order chi connectivity index (χ0) is 11.1. The Balaban J connectivity index is 2.39. The van der Waals surface area contributed by atoms with Crippen molar-refractivity contribution in [3.05, 3.63) is 18.0 Å². The average molecular weight is 209 g/mol. The smallest absolute Gasteiger partial charge is 0.338 e. The summed E-state index contributed by atoms with van der Waals surface area (Å²) >= 11 is 0. The molecule has 0 bridgehead atoms. The normalized spacial score (nSPS) is 9.93. The molecular weight excluding hydrogens is 194 g/mol. The lowest BCUT2D eigenvalue weighted by molar-refractivity contribution is 0.0696. The molecule has 15 heavy (non-hydrogen) atoms. The van der Waals surface area contributed by atoms with E-state index in [1.54, 1.807) is 0 Å². The summed E-state index contributed by atoms with van der Waals surface area (Å²) in [5.41, 5.74) is 0.106. The molecule has 5 heteroatoms. The molecule has 0 spiro atoms. The van der Waals surface area contributed by atoms with Crippen LogP contribution in [-0.4, -0.2) is 27.6 Å². The minimum Gasteiger partial charge on any atom is -0.478 e. The van der Waals surface area contributed by atoms with Crippen LogP contribution in [0.5, 0.6) is 0 Å². The number of nitrogens with one attached hydrogen (secondary N) is 1. The third kappa shape index (κ3) is 3.93. The number of unbranched alkanes of at least 4 members (excludes halogenated alkanes) is 2. The van der Waals surface area contributed by atoms with Crippen LogP contribution in [0.15, 0.2) is 12.4 Å². The summed E-state index contributed by atoms with van der Waals surface area (Å²) in [7, 11) is 0. The van der Waals surface area contributed by atoms with Gasteiger partial charge >= 0.3 is 5.97 Å². The molecule has 2 N–H and O–H groups in total. The molecular formula is C10H15N3O2. The first-order valence-corrected chi connectivity index (χ1v) is 5.03. The molecule has 0 aliphatic heterocycles. The monoisotopic (exact) mass is 209 g/mol. The van der Waals surface area contributed by atoms with Crippen molar-refractivity contribution < 1.29 is 9.90 Å². The summed E-state index contributed by atoms with van der Waals surface area (Å²) in [5, 5.41) is 11.7. The fourth-order valence-corrected chi connectivity index (χ4v) is 1.10. The molecule has 0 radical (unpaired) electrons. The predicted octanol–water partition coefficient (Wildman–Crippen LogP) is 1.78. The molecule has 0 unspecified atom stereocenters. The summed E-state index contributed by atoms with van der Waals surface area (Å²) in [6.45, 7) is 2.96. The van der Waals surface area contributed by atoms with Gasteiger partial charge < -0.3 is 10.4 Å². The number of anilines is 1. The molecule has 82 valence electrons. The number of carboxylic acids is 1. The molecule has 0 saturated heterocycles. The minimum absolute atomic E-state index is 0.106. The van der Waals surface area contributed by atoms with Gasteiger partial charge in [-0.15, -0.1) is 0 Å². The molecule has 0 aliphatic carbocycles. The standard InChI is InChI=1S/C10H15N3O2/c1-2-3-4-5-11-10-12-6-8(7-13-10)9(14)15/h6-7H,2-5H2,1H3,(H,14,15)(H,11,12,13). The van der Waals surface area contributed by atoms with Gasteiger partial charge in [0.25, 0.3) is 0 Å². The number of aromatic nitrogens is 2. The molecule has 0 aliphatic rings. The van der Waals surface area contributed by atoms with E-state index in [2.05, 4.69) is 22.2 Å². The number of hydrogen-bond donors (Lipinski definition) is 2. The SMILES string of the molecule is CCCCCNc1ncc(C(=O)O)cn1. The van der Waals surface area contributed by atoms with E-state index >= 15 is 0 Å². The van der Waals surface area contributed by atoms with Gasteiger partial charge in [0.05, 0.1) is 5.56 Å². The number of carboxylic acid groups (broad SMARTS) is 1. The molecule has 0 aromatic carbocycles. The molecule has 0 atom stereocenters. The van der Waals surface area contributed by atoms with Crippen LogP contribution >= 0.6 is 0 Å². The first kappa shape index (κ1) is 11.4. The van der Waals surface area contributed by atoms with Crippen LogP contribution in [0.2, 0.25) is 0 Å². The molecule has 1 aromatic rings. The van der Waals surface area contributed by atoms with Gasteiger partial charge in [-0.2, -0.15) is 0 Å². The zero-order valence-electron chi connectivity index (χ0n) is 8.73. The zero-order valence-corrected chi connectivity index (χ0v) is 8.73. The van der Waals surface area contributed by atoms with Crippen molar-refractivity contribution in [2.45, 2.75) is 26.2 Å². The lowest BCUT2D eigenvalue weighted by Crippen LogP contribution is -2.06. The Labute approximate surface area is 88.6 Å². The van der Waals surface area contributed by atoms with Crippen LogP contribution in [0, 0.1) is 0 Å². The van der Waals surface area contributed by atoms with Gasteiger partial charge in [0.15, 0.2) is 0 Å². The molecule has 0 fully saturated rings. The van der Waals surface area contributed by atoms with Crippen LogP contribution in [0.4, 0.5) is 5.95 Å². The van der Waals surface area contributed by atoms with E-state index in [-0.39, 0.29) is 5.56 Å². The van der Waals surface area contributed by atoms with E-state index in [0.717, 1.165) is 13.0 Å². The average Bonchev–Trinajstić information content (AvgIpc) is 2.25. The molecule has 1 heterocycles. The summed E-state index contributed by atoms with van der Waals surface area (Å²) in [6, 6.07) is 0. The Bertz CT molecular complexity index is 311. The molecule has 1 rings (SSSR count). The number of aromatic carboxylic acids is 1. The minimum atomic E-state index is -1.01. The second-order valence-electron chi connectivity index (χ2n) is 3.23. The van der Waals surface area contributed by atoms with Crippen molar-refractivity contribution in [1.29, 1.82) is 0 Å². The Morgan fingerprint density at radius 2 is 2.07 bits per heavy atom. The number of carbonyl (C=O) groups is 1. The van der Waals surface area contributed by atoms with Gasteiger partial charge in [0, 0.05) is 18.9 Å². The lowest BCUT2D eigenvalue weighted by Gasteiger charge is -2.03. The Morgan fingerprint density at radius 1 is 1.40 bits per heavy atom. The molecule has 0 saturated carbocycles. The van der Waals surface area contributed by atoms with Crippen molar-refractivity contribution >= 4 is 11.9 Å². The fourth-order valence-electron chi connectivity index (χ4n) is 1.10. The summed E-state index contributed by atoms with van der Waals surface area (Å²) in [6.07, 6.45) is 6.01. The Hall–Kier alpha value is -1.65. The topological polar surface area (TPSA) is 75.1 Å². The fraction of sp³-hybridized carbons (Fsp3) is 0.500. The highest BCUT2D eigenvalue weighted by Crippen LogP contribution is 2.01. The van der Waals surface area contributed by atoms with Crippen LogP contribution in [0.1, 0.15) is 36.5 Å². The number of nitrogens with zero attached hydrogens (tertiary/aromatic N) is 2. The van der Waals surface area contributed by atoms with Crippen LogP contribution < -0.4 is 5.32 Å². The molecule has 1 aromatic heterocycles. The predicted molar refractivity (Wildman–Crippen MR) is 57.0 cm³/mol. The highest BCUT2D eigenvalue weighted by Gasteiger charge is 2.03. The Kier molecular flexibility index (Phi) is 4.53. The third-order valence-corrected chi connectivity index (χ3v) is 1.96. The van der Waals surface area contributed by atoms with Crippen LogP contribution in [-0.2, 0) is 0 Å². The first-order chi connectivity index (χ1) is 7.24. The van der Waals surface area contributed by atoms with E-state index < -0.39 is 5.97 Å². The van der Waals surface area contributed by atoms with Gasteiger partial charge in [-0.25, -0.2) is 14.8 Å². The van der Waals surface area contributed by atoms with E-state index in [1.807, 2.05) is 0 Å². The van der Waals surface area contributed by atoms with Crippen molar-refractivity contribution in [3.8, 4) is 0 Å². The quantitative estimate of drug-likeness (QED) is 0.698. The Morgan fingerprint density at radius 3 is 2.60 bits per heavy atom. The highest BCUT2D eigenvalue weighted by atomic mass is 16.4.